The zero-order valence-electron chi connectivity index (χ0n) is 9.45. The van der Waals surface area contributed by atoms with Crippen molar-refractivity contribution in [3.05, 3.63) is 22.7 Å². The van der Waals surface area contributed by atoms with E-state index in [4.69, 9.17) is 0 Å². The second kappa shape index (κ2) is 5.24. The van der Waals surface area contributed by atoms with Gasteiger partial charge in [0.05, 0.1) is 4.47 Å². The number of hydrogen-bond donors (Lipinski definition) is 1. The van der Waals surface area contributed by atoms with Crippen LogP contribution in [0, 0.1) is 0 Å². The van der Waals surface area contributed by atoms with Gasteiger partial charge in [0, 0.05) is 23.9 Å². The van der Waals surface area contributed by atoms with E-state index < -0.39 is 6.36 Å². The minimum absolute atomic E-state index is 0.0580. The number of rotatable bonds is 2. The summed E-state index contributed by atoms with van der Waals surface area (Å²) in [7, 11) is 0. The van der Waals surface area contributed by atoms with Crippen LogP contribution in [0.15, 0.2) is 22.7 Å². The van der Waals surface area contributed by atoms with E-state index in [1.54, 1.807) is 0 Å². The van der Waals surface area contributed by atoms with Crippen molar-refractivity contribution in [2.75, 3.05) is 11.4 Å². The van der Waals surface area contributed by atoms with Crippen LogP contribution in [0.1, 0.15) is 6.42 Å². The molecule has 1 unspecified atom stereocenters. The highest BCUT2D eigenvalue weighted by Crippen LogP contribution is 2.35. The maximum atomic E-state index is 12.1. The molecule has 1 amide bonds. The Morgan fingerprint density at radius 1 is 1.42 bits per heavy atom. The summed E-state index contributed by atoms with van der Waals surface area (Å²) in [5.74, 6) is -0.443. The van der Waals surface area contributed by atoms with Crippen LogP contribution in [0.2, 0.25) is 0 Å². The third kappa shape index (κ3) is 3.56. The lowest BCUT2D eigenvalue weighted by Crippen LogP contribution is -2.24. The number of carbonyl (C=O) groups excluding carboxylic acids is 1. The molecule has 0 aliphatic carbocycles. The fourth-order valence-electron chi connectivity index (χ4n) is 1.80. The molecule has 1 heterocycles. The van der Waals surface area contributed by atoms with Crippen LogP contribution >= 0.6 is 28.6 Å². The predicted octanol–water partition coefficient (Wildman–Crippen LogP) is 3.38. The maximum Gasteiger partial charge on any atom is 0.573 e. The van der Waals surface area contributed by atoms with Gasteiger partial charge in [-0.05, 0) is 34.1 Å². The number of alkyl halides is 3. The van der Waals surface area contributed by atoms with Crippen molar-refractivity contribution in [1.82, 2.24) is 0 Å². The summed E-state index contributed by atoms with van der Waals surface area (Å²) in [5, 5.41) is -0.0580. The molecule has 0 saturated carbocycles. The first-order valence-electron chi connectivity index (χ1n) is 5.30. The highest BCUT2D eigenvalue weighted by molar-refractivity contribution is 9.10. The third-order valence-corrected chi connectivity index (χ3v) is 3.52. The summed E-state index contributed by atoms with van der Waals surface area (Å²) in [6.07, 6.45) is -4.43. The molecular weight excluding hydrogens is 347 g/mol. The topological polar surface area (TPSA) is 29.5 Å². The van der Waals surface area contributed by atoms with Crippen LogP contribution < -0.4 is 9.64 Å². The lowest BCUT2D eigenvalue weighted by atomic mass is 10.3. The maximum absolute atomic E-state index is 12.1. The van der Waals surface area contributed by atoms with Gasteiger partial charge in [0.15, 0.2) is 0 Å². The van der Waals surface area contributed by atoms with Crippen LogP contribution in [0.4, 0.5) is 18.9 Å². The molecule has 1 aliphatic heterocycles. The first-order valence-corrected chi connectivity index (χ1v) is 6.61. The Kier molecular flexibility index (Phi) is 4.00. The smallest absolute Gasteiger partial charge is 0.405 e. The van der Waals surface area contributed by atoms with Crippen LogP contribution in [0.5, 0.6) is 5.75 Å². The summed E-state index contributed by atoms with van der Waals surface area (Å²) in [6, 6.07) is 4.01. The fourth-order valence-corrected chi connectivity index (χ4v) is 2.57. The molecule has 1 aliphatic rings. The minimum Gasteiger partial charge on any atom is -0.405 e. The van der Waals surface area contributed by atoms with Crippen LogP contribution in [-0.4, -0.2) is 24.1 Å². The van der Waals surface area contributed by atoms with E-state index in [2.05, 4.69) is 33.3 Å². The largest absolute Gasteiger partial charge is 0.573 e. The van der Waals surface area contributed by atoms with Crippen molar-refractivity contribution in [2.24, 2.45) is 0 Å². The second-order valence-corrected chi connectivity index (χ2v) is 5.61. The Morgan fingerprint density at radius 3 is 2.58 bits per heavy atom. The number of ether oxygens (including phenoxy) is 1. The highest BCUT2D eigenvalue weighted by Gasteiger charge is 2.33. The van der Waals surface area contributed by atoms with Gasteiger partial charge in [-0.25, -0.2) is 0 Å². The van der Waals surface area contributed by atoms with Crippen molar-refractivity contribution in [3.63, 3.8) is 0 Å². The SMILES string of the molecule is O=C1CC(S)CN1c1ccc(OC(F)(F)F)c(Br)c1. The van der Waals surface area contributed by atoms with Crippen LogP contribution in [0.25, 0.3) is 0 Å². The number of amides is 1. The molecule has 1 fully saturated rings. The zero-order chi connectivity index (χ0) is 14.2. The molecule has 8 heteroatoms. The number of carbonyl (C=O) groups is 1. The van der Waals surface area contributed by atoms with Crippen molar-refractivity contribution < 1.29 is 22.7 Å². The Morgan fingerprint density at radius 2 is 2.11 bits per heavy atom. The van der Waals surface area contributed by atoms with Gasteiger partial charge in [-0.2, -0.15) is 12.6 Å². The lowest BCUT2D eigenvalue weighted by Gasteiger charge is -2.18. The first kappa shape index (κ1) is 14.5. The Hall–Kier alpha value is -0.890. The number of anilines is 1. The Bertz CT molecular complexity index is 509. The van der Waals surface area contributed by atoms with Gasteiger partial charge < -0.3 is 9.64 Å². The van der Waals surface area contributed by atoms with Gasteiger partial charge in [0.25, 0.3) is 0 Å². The average molecular weight is 356 g/mol. The average Bonchev–Trinajstić information content (AvgIpc) is 2.59. The van der Waals surface area contributed by atoms with Crippen molar-refractivity contribution >= 4 is 40.2 Å². The second-order valence-electron chi connectivity index (χ2n) is 4.02. The van der Waals surface area contributed by atoms with Crippen LogP contribution in [0.3, 0.4) is 0 Å². The van der Waals surface area contributed by atoms with Gasteiger partial charge in [-0.3, -0.25) is 4.79 Å². The fraction of sp³-hybridized carbons (Fsp3) is 0.364. The van der Waals surface area contributed by atoms with Gasteiger partial charge in [0.2, 0.25) is 5.91 Å². The molecular formula is C11H9BrF3NO2S. The van der Waals surface area contributed by atoms with E-state index >= 15 is 0 Å². The molecule has 0 bridgehead atoms. The Balaban J connectivity index is 2.22. The monoisotopic (exact) mass is 355 g/mol. The van der Waals surface area contributed by atoms with Crippen molar-refractivity contribution in [2.45, 2.75) is 18.0 Å². The minimum atomic E-state index is -4.75. The van der Waals surface area contributed by atoms with Crippen molar-refractivity contribution in [3.8, 4) is 5.75 Å². The van der Waals surface area contributed by atoms with Gasteiger partial charge in [-0.15, -0.1) is 13.2 Å². The standard InChI is InChI=1S/C11H9BrF3NO2S/c12-8-3-6(16-5-7(19)4-10(16)17)1-2-9(8)18-11(13,14)15/h1-3,7,19H,4-5H2. The summed E-state index contributed by atoms with van der Waals surface area (Å²) < 4.78 is 40.3. The van der Waals surface area contributed by atoms with Crippen molar-refractivity contribution in [1.29, 1.82) is 0 Å². The number of benzene rings is 1. The summed E-state index contributed by atoms with van der Waals surface area (Å²) in [5.41, 5.74) is 0.517. The van der Waals surface area contributed by atoms with E-state index in [0.717, 1.165) is 0 Å². The molecule has 3 nitrogen and oxygen atoms in total. The predicted molar refractivity (Wildman–Crippen MR) is 70.6 cm³/mol. The summed E-state index contributed by atoms with van der Waals surface area (Å²) in [4.78, 5) is 13.1. The molecule has 1 atom stereocenters. The van der Waals surface area contributed by atoms with Gasteiger partial charge >= 0.3 is 6.36 Å². The molecule has 1 aromatic carbocycles. The number of thiol groups is 1. The number of nitrogens with zero attached hydrogens (tertiary/aromatic N) is 1. The molecule has 104 valence electrons. The van der Waals surface area contributed by atoms with E-state index in [1.807, 2.05) is 0 Å². The quantitative estimate of drug-likeness (QED) is 0.824. The molecule has 19 heavy (non-hydrogen) atoms. The van der Waals surface area contributed by atoms with E-state index in [1.165, 1.54) is 23.1 Å². The lowest BCUT2D eigenvalue weighted by molar-refractivity contribution is -0.274. The molecule has 1 aromatic rings. The summed E-state index contributed by atoms with van der Waals surface area (Å²) in [6.45, 7) is 0.438. The van der Waals surface area contributed by atoms with E-state index in [9.17, 15) is 18.0 Å². The molecule has 2 rings (SSSR count). The third-order valence-electron chi connectivity index (χ3n) is 2.56. The molecule has 0 radical (unpaired) electrons. The Labute approximate surface area is 121 Å². The first-order chi connectivity index (χ1) is 8.76. The molecule has 0 aromatic heterocycles. The van der Waals surface area contributed by atoms with E-state index in [-0.39, 0.29) is 21.4 Å². The molecule has 0 N–H and O–H groups in total. The van der Waals surface area contributed by atoms with E-state index in [0.29, 0.717) is 18.7 Å². The summed E-state index contributed by atoms with van der Waals surface area (Å²) >= 11 is 7.22. The number of halogens is 4. The molecule has 1 saturated heterocycles. The van der Waals surface area contributed by atoms with Gasteiger partial charge in [-0.1, -0.05) is 0 Å². The normalized spacial score (nSPS) is 19.9. The van der Waals surface area contributed by atoms with Gasteiger partial charge in [0.1, 0.15) is 5.75 Å². The zero-order valence-corrected chi connectivity index (χ0v) is 11.9. The number of hydrogen-bond acceptors (Lipinski definition) is 3. The highest BCUT2D eigenvalue weighted by atomic mass is 79.9. The van der Waals surface area contributed by atoms with Crippen LogP contribution in [-0.2, 0) is 4.79 Å². The molecule has 0 spiro atoms.